The van der Waals surface area contributed by atoms with Crippen molar-refractivity contribution in [3.8, 4) is 0 Å². The molecule has 2 nitrogen and oxygen atoms in total. The molecule has 0 heterocycles. The van der Waals surface area contributed by atoms with Crippen molar-refractivity contribution in [3.05, 3.63) is 71.3 Å². The van der Waals surface area contributed by atoms with E-state index in [1.807, 2.05) is 42.5 Å². The van der Waals surface area contributed by atoms with Crippen LogP contribution >= 0.6 is 0 Å². The highest BCUT2D eigenvalue weighted by Gasteiger charge is 2.07. The van der Waals surface area contributed by atoms with Gasteiger partial charge < -0.3 is 4.74 Å². The van der Waals surface area contributed by atoms with Gasteiger partial charge in [-0.15, -0.1) is 0 Å². The van der Waals surface area contributed by atoms with Crippen LogP contribution in [0.25, 0.3) is 0 Å². The third-order valence-electron chi connectivity index (χ3n) is 3.50. The minimum Gasteiger partial charge on any atom is -0.462 e. The summed E-state index contributed by atoms with van der Waals surface area (Å²) in [6.45, 7) is 4.73. The molecule has 0 N–H and O–H groups in total. The third kappa shape index (κ3) is 4.75. The van der Waals surface area contributed by atoms with Gasteiger partial charge >= 0.3 is 5.97 Å². The standard InChI is InChI=1S/C19H22O2/c1-15(2)17-10-12-18(13-11-17)19(20)21-14-6-9-16-7-4-3-5-8-16/h3-5,7-8,10-13,15H,6,9,14H2,1-2H3. The maximum Gasteiger partial charge on any atom is 0.338 e. The highest BCUT2D eigenvalue weighted by atomic mass is 16.5. The summed E-state index contributed by atoms with van der Waals surface area (Å²) in [6, 6.07) is 17.9. The lowest BCUT2D eigenvalue weighted by molar-refractivity contribution is 0.0500. The second-order valence-corrected chi connectivity index (χ2v) is 5.50. The zero-order valence-electron chi connectivity index (χ0n) is 12.7. The molecule has 0 aliphatic carbocycles. The summed E-state index contributed by atoms with van der Waals surface area (Å²) in [4.78, 5) is 11.9. The molecule has 2 aromatic rings. The van der Waals surface area contributed by atoms with Crippen molar-refractivity contribution in [3.63, 3.8) is 0 Å². The zero-order valence-corrected chi connectivity index (χ0v) is 12.7. The summed E-state index contributed by atoms with van der Waals surface area (Å²) >= 11 is 0. The molecule has 0 saturated heterocycles. The van der Waals surface area contributed by atoms with E-state index in [1.54, 1.807) is 0 Å². The van der Waals surface area contributed by atoms with Crippen molar-refractivity contribution in [2.75, 3.05) is 6.61 Å². The van der Waals surface area contributed by atoms with E-state index in [9.17, 15) is 4.79 Å². The van der Waals surface area contributed by atoms with Crippen LogP contribution in [0.4, 0.5) is 0 Å². The van der Waals surface area contributed by atoms with E-state index in [2.05, 4.69) is 26.0 Å². The number of carbonyl (C=O) groups is 1. The summed E-state index contributed by atoms with van der Waals surface area (Å²) in [6.07, 6.45) is 1.78. The molecule has 0 bridgehead atoms. The maximum absolute atomic E-state index is 11.9. The van der Waals surface area contributed by atoms with Gasteiger partial charge in [0, 0.05) is 0 Å². The van der Waals surface area contributed by atoms with Gasteiger partial charge in [0.15, 0.2) is 0 Å². The molecule has 21 heavy (non-hydrogen) atoms. The van der Waals surface area contributed by atoms with Crippen molar-refractivity contribution in [2.24, 2.45) is 0 Å². The van der Waals surface area contributed by atoms with E-state index >= 15 is 0 Å². The molecular formula is C19H22O2. The number of benzene rings is 2. The van der Waals surface area contributed by atoms with E-state index < -0.39 is 0 Å². The van der Waals surface area contributed by atoms with Crippen molar-refractivity contribution >= 4 is 5.97 Å². The topological polar surface area (TPSA) is 26.3 Å². The first-order valence-electron chi connectivity index (χ1n) is 7.48. The number of hydrogen-bond donors (Lipinski definition) is 0. The Balaban J connectivity index is 1.76. The minimum atomic E-state index is -0.238. The predicted octanol–water partition coefficient (Wildman–Crippen LogP) is 4.60. The lowest BCUT2D eigenvalue weighted by Gasteiger charge is -2.07. The van der Waals surface area contributed by atoms with Gasteiger partial charge in [-0.3, -0.25) is 0 Å². The Labute approximate surface area is 126 Å². The van der Waals surface area contributed by atoms with Gasteiger partial charge in [-0.25, -0.2) is 4.79 Å². The molecule has 0 aliphatic heterocycles. The molecule has 0 aromatic heterocycles. The first-order valence-corrected chi connectivity index (χ1v) is 7.48. The Hall–Kier alpha value is -2.09. The van der Waals surface area contributed by atoms with Gasteiger partial charge in [-0.2, -0.15) is 0 Å². The Morgan fingerprint density at radius 2 is 1.67 bits per heavy atom. The second kappa shape index (κ2) is 7.63. The fraction of sp³-hybridized carbons (Fsp3) is 0.316. The van der Waals surface area contributed by atoms with Gasteiger partial charge in [-0.05, 0) is 42.0 Å². The van der Waals surface area contributed by atoms with Crippen LogP contribution in [0.3, 0.4) is 0 Å². The molecule has 0 aliphatic rings. The summed E-state index contributed by atoms with van der Waals surface area (Å²) in [7, 11) is 0. The molecule has 0 fully saturated rings. The third-order valence-corrected chi connectivity index (χ3v) is 3.50. The first kappa shape index (κ1) is 15.3. The number of ether oxygens (including phenoxy) is 1. The van der Waals surface area contributed by atoms with Crippen molar-refractivity contribution in [1.29, 1.82) is 0 Å². The molecule has 0 spiro atoms. The van der Waals surface area contributed by atoms with Crippen LogP contribution in [0.1, 0.15) is 47.7 Å². The normalized spacial score (nSPS) is 10.6. The van der Waals surface area contributed by atoms with E-state index in [0.717, 1.165) is 12.8 Å². The quantitative estimate of drug-likeness (QED) is 0.571. The lowest BCUT2D eigenvalue weighted by Crippen LogP contribution is -2.07. The number of hydrogen-bond acceptors (Lipinski definition) is 2. The second-order valence-electron chi connectivity index (χ2n) is 5.50. The van der Waals surface area contributed by atoms with Crippen LogP contribution in [-0.4, -0.2) is 12.6 Å². The average Bonchev–Trinajstić information content (AvgIpc) is 2.52. The number of aryl methyl sites for hydroxylation is 1. The largest absolute Gasteiger partial charge is 0.462 e. The highest BCUT2D eigenvalue weighted by molar-refractivity contribution is 5.89. The molecular weight excluding hydrogens is 260 g/mol. The molecule has 0 amide bonds. The summed E-state index contributed by atoms with van der Waals surface area (Å²) in [5, 5.41) is 0. The van der Waals surface area contributed by atoms with Gasteiger partial charge in [-0.1, -0.05) is 56.3 Å². The van der Waals surface area contributed by atoms with E-state index in [4.69, 9.17) is 4.74 Å². The Morgan fingerprint density at radius 1 is 1.00 bits per heavy atom. The van der Waals surface area contributed by atoms with Crippen molar-refractivity contribution in [2.45, 2.75) is 32.6 Å². The summed E-state index contributed by atoms with van der Waals surface area (Å²) in [5.41, 5.74) is 3.13. The predicted molar refractivity (Wildman–Crippen MR) is 85.6 cm³/mol. The molecule has 2 heteroatoms. The summed E-state index contributed by atoms with van der Waals surface area (Å²) in [5.74, 6) is 0.235. The van der Waals surface area contributed by atoms with Crippen LogP contribution < -0.4 is 0 Å². The zero-order chi connectivity index (χ0) is 15.1. The molecule has 0 radical (unpaired) electrons. The molecule has 2 rings (SSSR count). The Morgan fingerprint density at radius 3 is 2.29 bits per heavy atom. The maximum atomic E-state index is 11.9. The SMILES string of the molecule is CC(C)c1ccc(C(=O)OCCCc2ccccc2)cc1. The van der Waals surface area contributed by atoms with E-state index in [0.29, 0.717) is 18.1 Å². The van der Waals surface area contributed by atoms with E-state index in [-0.39, 0.29) is 5.97 Å². The van der Waals surface area contributed by atoms with E-state index in [1.165, 1.54) is 11.1 Å². The number of rotatable bonds is 6. The monoisotopic (exact) mass is 282 g/mol. The lowest BCUT2D eigenvalue weighted by atomic mass is 10.0. The van der Waals surface area contributed by atoms with Crippen LogP contribution in [0.15, 0.2) is 54.6 Å². The van der Waals surface area contributed by atoms with Crippen LogP contribution in [0.5, 0.6) is 0 Å². The number of carbonyl (C=O) groups excluding carboxylic acids is 1. The Bertz CT molecular complexity index is 556. The van der Waals surface area contributed by atoms with Crippen LogP contribution in [0, 0.1) is 0 Å². The molecule has 0 saturated carbocycles. The minimum absolute atomic E-state index is 0.238. The van der Waals surface area contributed by atoms with Crippen LogP contribution in [-0.2, 0) is 11.2 Å². The smallest absolute Gasteiger partial charge is 0.338 e. The van der Waals surface area contributed by atoms with Gasteiger partial charge in [0.25, 0.3) is 0 Å². The van der Waals surface area contributed by atoms with Crippen LogP contribution in [0.2, 0.25) is 0 Å². The highest BCUT2D eigenvalue weighted by Crippen LogP contribution is 2.15. The Kier molecular flexibility index (Phi) is 5.56. The van der Waals surface area contributed by atoms with Gasteiger partial charge in [0.1, 0.15) is 0 Å². The van der Waals surface area contributed by atoms with Gasteiger partial charge in [0.05, 0.1) is 12.2 Å². The molecule has 0 unspecified atom stereocenters. The average molecular weight is 282 g/mol. The fourth-order valence-electron chi connectivity index (χ4n) is 2.17. The molecule has 110 valence electrons. The first-order chi connectivity index (χ1) is 10.2. The van der Waals surface area contributed by atoms with Gasteiger partial charge in [0.2, 0.25) is 0 Å². The van der Waals surface area contributed by atoms with Crippen molar-refractivity contribution in [1.82, 2.24) is 0 Å². The molecule has 2 aromatic carbocycles. The molecule has 0 atom stereocenters. The van der Waals surface area contributed by atoms with Crippen molar-refractivity contribution < 1.29 is 9.53 Å². The fourth-order valence-corrected chi connectivity index (χ4v) is 2.17. The number of esters is 1. The summed E-state index contributed by atoms with van der Waals surface area (Å²) < 4.78 is 5.31.